The van der Waals surface area contributed by atoms with Crippen molar-refractivity contribution in [3.8, 4) is 0 Å². The van der Waals surface area contributed by atoms with Gasteiger partial charge >= 0.3 is 0 Å². The van der Waals surface area contributed by atoms with E-state index in [1.807, 2.05) is 36.4 Å². The summed E-state index contributed by atoms with van der Waals surface area (Å²) in [5.41, 5.74) is 2.35. The zero-order valence-corrected chi connectivity index (χ0v) is 11.4. The predicted octanol–water partition coefficient (Wildman–Crippen LogP) is 4.81. The minimum atomic E-state index is 0.937. The predicted molar refractivity (Wildman–Crippen MR) is 78.3 cm³/mol. The Balaban J connectivity index is 2.28. The van der Waals surface area contributed by atoms with Crippen LogP contribution in [0.25, 0.3) is 5.57 Å². The standard InChI is InChI=1S/C16H16OS/c1-13(14-9-5-3-6-10-14)16(17-2)18-15-11-7-4-8-12-15/h3-12H,1-2H3/b16-13+. The fraction of sp³-hybridized carbons (Fsp3) is 0.125. The Morgan fingerprint density at radius 1 is 0.889 bits per heavy atom. The third-order valence-corrected chi connectivity index (χ3v) is 3.82. The van der Waals surface area contributed by atoms with Crippen molar-refractivity contribution in [1.82, 2.24) is 0 Å². The van der Waals surface area contributed by atoms with Gasteiger partial charge in [0.05, 0.1) is 7.11 Å². The van der Waals surface area contributed by atoms with Gasteiger partial charge in [-0.1, -0.05) is 60.3 Å². The molecule has 0 N–H and O–H groups in total. The molecular formula is C16H16OS. The molecule has 2 heteroatoms. The molecule has 0 aliphatic rings. The van der Waals surface area contributed by atoms with E-state index < -0.39 is 0 Å². The van der Waals surface area contributed by atoms with E-state index in [4.69, 9.17) is 4.74 Å². The number of methoxy groups -OCH3 is 1. The van der Waals surface area contributed by atoms with Crippen molar-refractivity contribution < 1.29 is 4.74 Å². The molecule has 0 amide bonds. The third-order valence-electron chi connectivity index (χ3n) is 2.65. The van der Waals surface area contributed by atoms with Gasteiger partial charge in [0.15, 0.2) is 5.09 Å². The number of allylic oxidation sites excluding steroid dienone is 1. The fourth-order valence-electron chi connectivity index (χ4n) is 1.67. The van der Waals surface area contributed by atoms with Crippen LogP contribution in [0.1, 0.15) is 12.5 Å². The molecule has 92 valence electrons. The van der Waals surface area contributed by atoms with E-state index >= 15 is 0 Å². The Morgan fingerprint density at radius 3 is 2.00 bits per heavy atom. The van der Waals surface area contributed by atoms with Crippen LogP contribution >= 0.6 is 11.8 Å². The lowest BCUT2D eigenvalue weighted by Crippen LogP contribution is -1.88. The summed E-state index contributed by atoms with van der Waals surface area (Å²) in [6, 6.07) is 20.6. The first kappa shape index (κ1) is 12.8. The van der Waals surface area contributed by atoms with Crippen molar-refractivity contribution in [2.75, 3.05) is 7.11 Å². The Bertz CT molecular complexity index is 517. The van der Waals surface area contributed by atoms with E-state index in [1.54, 1.807) is 18.9 Å². The summed E-state index contributed by atoms with van der Waals surface area (Å²) in [5, 5.41) is 0.937. The molecule has 2 aromatic rings. The number of rotatable bonds is 4. The van der Waals surface area contributed by atoms with Crippen LogP contribution in [-0.2, 0) is 4.74 Å². The number of hydrogen-bond acceptors (Lipinski definition) is 2. The highest BCUT2D eigenvalue weighted by Gasteiger charge is 2.07. The van der Waals surface area contributed by atoms with Crippen LogP contribution in [0.2, 0.25) is 0 Å². The van der Waals surface area contributed by atoms with Crippen LogP contribution in [0.5, 0.6) is 0 Å². The lowest BCUT2D eigenvalue weighted by Gasteiger charge is -2.10. The maximum absolute atomic E-state index is 5.51. The maximum Gasteiger partial charge on any atom is 0.161 e. The van der Waals surface area contributed by atoms with Crippen molar-refractivity contribution in [3.05, 3.63) is 71.3 Å². The number of benzene rings is 2. The first-order valence-corrected chi connectivity index (χ1v) is 6.66. The lowest BCUT2D eigenvalue weighted by atomic mass is 10.1. The second-order valence-corrected chi connectivity index (χ2v) is 4.94. The Morgan fingerprint density at radius 2 is 1.44 bits per heavy atom. The highest BCUT2D eigenvalue weighted by molar-refractivity contribution is 8.03. The molecule has 0 fully saturated rings. The molecular weight excluding hydrogens is 240 g/mol. The summed E-state index contributed by atoms with van der Waals surface area (Å²) < 4.78 is 5.51. The molecule has 0 atom stereocenters. The minimum absolute atomic E-state index is 0.937. The van der Waals surface area contributed by atoms with E-state index in [0.29, 0.717) is 0 Å². The number of ether oxygens (including phenoxy) is 1. The van der Waals surface area contributed by atoms with Gasteiger partial charge in [0.1, 0.15) is 0 Å². The molecule has 0 aliphatic carbocycles. The van der Waals surface area contributed by atoms with E-state index in [-0.39, 0.29) is 0 Å². The largest absolute Gasteiger partial charge is 0.490 e. The van der Waals surface area contributed by atoms with Crippen molar-refractivity contribution in [3.63, 3.8) is 0 Å². The van der Waals surface area contributed by atoms with Crippen molar-refractivity contribution in [2.24, 2.45) is 0 Å². The average molecular weight is 256 g/mol. The molecule has 0 unspecified atom stereocenters. The Labute approximate surface area is 112 Å². The number of thioether (sulfide) groups is 1. The molecule has 0 saturated heterocycles. The van der Waals surface area contributed by atoms with E-state index in [9.17, 15) is 0 Å². The van der Waals surface area contributed by atoms with Gasteiger partial charge < -0.3 is 4.74 Å². The summed E-state index contributed by atoms with van der Waals surface area (Å²) in [6.45, 7) is 2.09. The normalized spacial score (nSPS) is 11.9. The van der Waals surface area contributed by atoms with Crippen LogP contribution < -0.4 is 0 Å². The summed E-state index contributed by atoms with van der Waals surface area (Å²) in [5.74, 6) is 0. The van der Waals surface area contributed by atoms with Gasteiger partial charge in [-0.05, 0) is 24.6 Å². The first-order chi connectivity index (χ1) is 8.81. The van der Waals surface area contributed by atoms with Crippen LogP contribution in [0.15, 0.2) is 70.7 Å². The van der Waals surface area contributed by atoms with Gasteiger partial charge in [-0.3, -0.25) is 0 Å². The van der Waals surface area contributed by atoms with Crippen LogP contribution in [-0.4, -0.2) is 7.11 Å². The summed E-state index contributed by atoms with van der Waals surface area (Å²) >= 11 is 1.65. The van der Waals surface area contributed by atoms with Crippen LogP contribution in [0, 0.1) is 0 Å². The Kier molecular flexibility index (Phi) is 4.48. The van der Waals surface area contributed by atoms with Gasteiger partial charge in [0.2, 0.25) is 0 Å². The van der Waals surface area contributed by atoms with Gasteiger partial charge in [-0.2, -0.15) is 0 Å². The molecule has 2 rings (SSSR count). The second kappa shape index (κ2) is 6.31. The lowest BCUT2D eigenvalue weighted by molar-refractivity contribution is 0.326. The highest BCUT2D eigenvalue weighted by Crippen LogP contribution is 2.32. The highest BCUT2D eigenvalue weighted by atomic mass is 32.2. The van der Waals surface area contributed by atoms with Crippen LogP contribution in [0.3, 0.4) is 0 Å². The molecule has 0 spiro atoms. The fourth-order valence-corrected chi connectivity index (χ4v) is 2.53. The quantitative estimate of drug-likeness (QED) is 0.573. The average Bonchev–Trinajstić information content (AvgIpc) is 2.46. The first-order valence-electron chi connectivity index (χ1n) is 5.84. The van der Waals surface area contributed by atoms with Crippen molar-refractivity contribution in [1.29, 1.82) is 0 Å². The molecule has 0 heterocycles. The summed E-state index contributed by atoms with van der Waals surface area (Å²) in [4.78, 5) is 1.18. The van der Waals surface area contributed by atoms with Crippen molar-refractivity contribution >= 4 is 17.3 Å². The molecule has 18 heavy (non-hydrogen) atoms. The molecule has 2 aromatic carbocycles. The minimum Gasteiger partial charge on any atom is -0.490 e. The molecule has 0 aliphatic heterocycles. The van der Waals surface area contributed by atoms with E-state index in [0.717, 1.165) is 10.7 Å². The van der Waals surface area contributed by atoms with Gasteiger partial charge in [0.25, 0.3) is 0 Å². The Hall–Kier alpha value is -1.67. The summed E-state index contributed by atoms with van der Waals surface area (Å²) in [7, 11) is 1.72. The number of hydrogen-bond donors (Lipinski definition) is 0. The zero-order valence-electron chi connectivity index (χ0n) is 10.6. The van der Waals surface area contributed by atoms with Gasteiger partial charge in [-0.15, -0.1) is 0 Å². The maximum atomic E-state index is 5.51. The SMILES string of the molecule is CO/C(Sc1ccccc1)=C(/C)c1ccccc1. The van der Waals surface area contributed by atoms with E-state index in [2.05, 4.69) is 31.2 Å². The van der Waals surface area contributed by atoms with Crippen LogP contribution in [0.4, 0.5) is 0 Å². The topological polar surface area (TPSA) is 9.23 Å². The molecule has 0 radical (unpaired) electrons. The second-order valence-electron chi connectivity index (χ2n) is 3.90. The molecule has 0 aromatic heterocycles. The zero-order chi connectivity index (χ0) is 12.8. The van der Waals surface area contributed by atoms with Crippen molar-refractivity contribution in [2.45, 2.75) is 11.8 Å². The van der Waals surface area contributed by atoms with E-state index in [1.165, 1.54) is 10.5 Å². The molecule has 1 nitrogen and oxygen atoms in total. The molecule has 0 bridgehead atoms. The van der Waals surface area contributed by atoms with Gasteiger partial charge in [0, 0.05) is 10.5 Å². The monoisotopic (exact) mass is 256 g/mol. The third kappa shape index (κ3) is 3.17. The van der Waals surface area contributed by atoms with Gasteiger partial charge in [-0.25, -0.2) is 0 Å². The summed E-state index contributed by atoms with van der Waals surface area (Å²) in [6.07, 6.45) is 0. The smallest absolute Gasteiger partial charge is 0.161 e. The molecule has 0 saturated carbocycles.